The molecule has 0 atom stereocenters. The van der Waals surface area contributed by atoms with Crippen molar-refractivity contribution in [3.05, 3.63) is 83.3 Å². The first-order valence-corrected chi connectivity index (χ1v) is 9.60. The molecule has 132 valence electrons. The summed E-state index contributed by atoms with van der Waals surface area (Å²) in [5.41, 5.74) is 3.90. The first-order valence-electron chi connectivity index (χ1n) is 8.78. The number of aldehydes is 1. The van der Waals surface area contributed by atoms with Gasteiger partial charge in [-0.05, 0) is 42.7 Å². The standard InChI is InChI=1S/C22H15FN2OS/c23-17-12-14(6-7-15(17)13-26)20-24-18-8-9-19(25-21(18)27-20)22(10-11-22)16-4-2-1-3-5-16/h1-9,12-13H,10-11H2. The number of carbonyl (C=O) groups is 1. The van der Waals surface area contributed by atoms with Crippen molar-refractivity contribution in [2.75, 3.05) is 0 Å². The molecule has 0 bridgehead atoms. The van der Waals surface area contributed by atoms with Crippen LogP contribution in [0.15, 0.2) is 60.7 Å². The Balaban J connectivity index is 1.56. The summed E-state index contributed by atoms with van der Waals surface area (Å²) in [4.78, 5) is 21.1. The molecule has 0 unspecified atom stereocenters. The average Bonchev–Trinajstić information content (AvgIpc) is 3.41. The van der Waals surface area contributed by atoms with E-state index in [1.165, 1.54) is 29.0 Å². The van der Waals surface area contributed by atoms with E-state index < -0.39 is 5.82 Å². The summed E-state index contributed by atoms with van der Waals surface area (Å²) in [6, 6.07) is 19.1. The normalized spacial score (nSPS) is 15.0. The van der Waals surface area contributed by atoms with Crippen LogP contribution in [0.1, 0.15) is 34.5 Å². The summed E-state index contributed by atoms with van der Waals surface area (Å²) >= 11 is 1.45. The molecule has 2 aromatic heterocycles. The highest BCUT2D eigenvalue weighted by Crippen LogP contribution is 2.53. The first-order chi connectivity index (χ1) is 13.2. The highest BCUT2D eigenvalue weighted by molar-refractivity contribution is 7.21. The van der Waals surface area contributed by atoms with Gasteiger partial charge in [0.05, 0.1) is 11.3 Å². The van der Waals surface area contributed by atoms with Gasteiger partial charge in [-0.3, -0.25) is 4.79 Å². The van der Waals surface area contributed by atoms with E-state index in [4.69, 9.17) is 4.98 Å². The van der Waals surface area contributed by atoms with Crippen LogP contribution in [0.25, 0.3) is 20.9 Å². The van der Waals surface area contributed by atoms with Crippen LogP contribution in [0.5, 0.6) is 0 Å². The van der Waals surface area contributed by atoms with Gasteiger partial charge in [-0.1, -0.05) is 47.7 Å². The monoisotopic (exact) mass is 374 g/mol. The number of halogens is 1. The molecule has 1 aliphatic rings. The number of benzene rings is 2. The van der Waals surface area contributed by atoms with E-state index in [0.717, 1.165) is 28.9 Å². The molecule has 27 heavy (non-hydrogen) atoms. The molecule has 0 saturated heterocycles. The molecule has 3 nitrogen and oxygen atoms in total. The van der Waals surface area contributed by atoms with Gasteiger partial charge in [0.1, 0.15) is 21.2 Å². The highest BCUT2D eigenvalue weighted by Gasteiger charge is 2.47. The van der Waals surface area contributed by atoms with Gasteiger partial charge in [0.25, 0.3) is 0 Å². The summed E-state index contributed by atoms with van der Waals surface area (Å²) in [6.07, 6.45) is 2.71. The van der Waals surface area contributed by atoms with Crippen molar-refractivity contribution in [3.8, 4) is 10.6 Å². The van der Waals surface area contributed by atoms with E-state index in [-0.39, 0.29) is 11.0 Å². The number of pyridine rings is 1. The van der Waals surface area contributed by atoms with Crippen molar-refractivity contribution >= 4 is 28.0 Å². The van der Waals surface area contributed by atoms with Crippen LogP contribution >= 0.6 is 11.3 Å². The summed E-state index contributed by atoms with van der Waals surface area (Å²) in [6.45, 7) is 0. The molecular formula is C22H15FN2OS. The second kappa shape index (κ2) is 6.06. The van der Waals surface area contributed by atoms with E-state index in [9.17, 15) is 9.18 Å². The van der Waals surface area contributed by atoms with Gasteiger partial charge in [0.15, 0.2) is 6.29 Å². The molecule has 0 aliphatic heterocycles. The predicted octanol–water partition coefficient (Wildman–Crippen LogP) is 5.39. The fourth-order valence-electron chi connectivity index (χ4n) is 3.54. The summed E-state index contributed by atoms with van der Waals surface area (Å²) < 4.78 is 13.9. The van der Waals surface area contributed by atoms with Gasteiger partial charge in [0.2, 0.25) is 0 Å². The third-order valence-electron chi connectivity index (χ3n) is 5.20. The Hall–Kier alpha value is -2.92. The molecule has 0 radical (unpaired) electrons. The molecule has 1 fully saturated rings. The summed E-state index contributed by atoms with van der Waals surface area (Å²) in [5.74, 6) is -0.531. The zero-order valence-electron chi connectivity index (χ0n) is 14.4. The van der Waals surface area contributed by atoms with E-state index in [0.29, 0.717) is 16.9 Å². The van der Waals surface area contributed by atoms with Gasteiger partial charge in [-0.15, -0.1) is 0 Å². The Bertz CT molecular complexity index is 1170. The molecule has 4 aromatic rings. The quantitative estimate of drug-likeness (QED) is 0.450. The number of hydrogen-bond acceptors (Lipinski definition) is 4. The molecule has 2 heterocycles. The van der Waals surface area contributed by atoms with E-state index in [2.05, 4.69) is 35.3 Å². The molecule has 1 saturated carbocycles. The lowest BCUT2D eigenvalue weighted by molar-refractivity contribution is 0.112. The minimum absolute atomic E-state index is 0.0112. The lowest BCUT2D eigenvalue weighted by atomic mass is 9.92. The molecule has 1 aliphatic carbocycles. The van der Waals surface area contributed by atoms with Crippen molar-refractivity contribution < 1.29 is 9.18 Å². The lowest BCUT2D eigenvalue weighted by Crippen LogP contribution is -2.10. The number of fused-ring (bicyclic) bond motifs is 1. The predicted molar refractivity (Wildman–Crippen MR) is 105 cm³/mol. The average molecular weight is 374 g/mol. The molecular weight excluding hydrogens is 359 g/mol. The molecule has 0 amide bonds. The van der Waals surface area contributed by atoms with Gasteiger partial charge in [0, 0.05) is 11.0 Å². The zero-order valence-corrected chi connectivity index (χ0v) is 15.2. The Morgan fingerprint density at radius 3 is 2.52 bits per heavy atom. The molecule has 5 heteroatoms. The van der Waals surface area contributed by atoms with Crippen molar-refractivity contribution in [3.63, 3.8) is 0 Å². The first kappa shape index (κ1) is 16.3. The maximum Gasteiger partial charge on any atom is 0.152 e. The summed E-state index contributed by atoms with van der Waals surface area (Å²) in [5, 5.41) is 0.704. The van der Waals surface area contributed by atoms with E-state index in [1.54, 1.807) is 6.07 Å². The fourth-order valence-corrected chi connectivity index (χ4v) is 4.47. The van der Waals surface area contributed by atoms with Crippen LogP contribution in [0.3, 0.4) is 0 Å². The Kier molecular flexibility index (Phi) is 3.65. The number of nitrogens with zero attached hydrogens (tertiary/aromatic N) is 2. The second-order valence-corrected chi connectivity index (χ2v) is 7.82. The van der Waals surface area contributed by atoms with Crippen LogP contribution < -0.4 is 0 Å². The zero-order chi connectivity index (χ0) is 18.4. The summed E-state index contributed by atoms with van der Waals surface area (Å²) in [7, 11) is 0. The van der Waals surface area contributed by atoms with Crippen LogP contribution in [-0.2, 0) is 5.41 Å². The van der Waals surface area contributed by atoms with Gasteiger partial charge >= 0.3 is 0 Å². The van der Waals surface area contributed by atoms with Crippen LogP contribution in [0.2, 0.25) is 0 Å². The number of rotatable bonds is 4. The van der Waals surface area contributed by atoms with Crippen LogP contribution in [0, 0.1) is 5.82 Å². The van der Waals surface area contributed by atoms with Crippen molar-refractivity contribution in [1.29, 1.82) is 0 Å². The fraction of sp³-hybridized carbons (Fsp3) is 0.136. The SMILES string of the molecule is O=Cc1ccc(-c2nc3ccc(C4(c5ccccc5)CC4)nc3s2)cc1F. The molecule has 2 aromatic carbocycles. The number of aromatic nitrogens is 2. The minimum atomic E-state index is -0.531. The number of hydrogen-bond donors (Lipinski definition) is 0. The Morgan fingerprint density at radius 1 is 1.00 bits per heavy atom. The van der Waals surface area contributed by atoms with E-state index in [1.807, 2.05) is 12.1 Å². The van der Waals surface area contributed by atoms with Crippen LogP contribution in [0.4, 0.5) is 4.39 Å². The topological polar surface area (TPSA) is 42.9 Å². The maximum atomic E-state index is 13.9. The Morgan fingerprint density at radius 2 is 1.81 bits per heavy atom. The largest absolute Gasteiger partial charge is 0.298 e. The smallest absolute Gasteiger partial charge is 0.152 e. The number of carbonyl (C=O) groups excluding carboxylic acids is 1. The second-order valence-electron chi connectivity index (χ2n) is 6.84. The third kappa shape index (κ3) is 2.66. The minimum Gasteiger partial charge on any atom is -0.298 e. The van der Waals surface area contributed by atoms with Crippen molar-refractivity contribution in [2.45, 2.75) is 18.3 Å². The molecule has 0 spiro atoms. The van der Waals surface area contributed by atoms with Crippen molar-refractivity contribution in [2.24, 2.45) is 0 Å². The van der Waals surface area contributed by atoms with Crippen molar-refractivity contribution in [1.82, 2.24) is 9.97 Å². The molecule has 0 N–H and O–H groups in total. The van der Waals surface area contributed by atoms with Gasteiger partial charge in [-0.2, -0.15) is 0 Å². The van der Waals surface area contributed by atoms with Gasteiger partial charge in [-0.25, -0.2) is 14.4 Å². The van der Waals surface area contributed by atoms with Crippen LogP contribution in [-0.4, -0.2) is 16.3 Å². The third-order valence-corrected chi connectivity index (χ3v) is 6.21. The lowest BCUT2D eigenvalue weighted by Gasteiger charge is -2.14. The van der Waals surface area contributed by atoms with E-state index >= 15 is 0 Å². The Labute approximate surface area is 159 Å². The maximum absolute atomic E-state index is 13.9. The highest BCUT2D eigenvalue weighted by atomic mass is 32.1. The molecule has 5 rings (SSSR count). The number of thiazole rings is 1. The van der Waals surface area contributed by atoms with Gasteiger partial charge < -0.3 is 0 Å².